The second kappa shape index (κ2) is 31.8. The van der Waals surface area contributed by atoms with Gasteiger partial charge in [-0.05, 0) is 304 Å². The second-order valence-corrected chi connectivity index (χ2v) is 34.7. The van der Waals surface area contributed by atoms with E-state index >= 15 is 0 Å². The molecule has 19 aromatic carbocycles. The van der Waals surface area contributed by atoms with E-state index in [1.807, 2.05) is 37.3 Å². The minimum Gasteiger partial charge on any atom is -0.456 e. The Morgan fingerprint density at radius 3 is 0.984 bits per heavy atom. The first-order valence-electron chi connectivity index (χ1n) is 42.5. The molecular formula is C114H82F3N3O7S. The van der Waals surface area contributed by atoms with Gasteiger partial charge >= 0.3 is 15.6 Å². The van der Waals surface area contributed by atoms with E-state index in [1.54, 1.807) is 6.07 Å². The van der Waals surface area contributed by atoms with Crippen molar-refractivity contribution in [2.75, 3.05) is 15.1 Å². The number of para-hydroxylation sites is 3. The first-order chi connectivity index (χ1) is 62.1. The quantitative estimate of drug-likeness (QED) is 0.0884. The first kappa shape index (κ1) is 79.5. The van der Waals surface area contributed by atoms with Crippen LogP contribution >= 0.6 is 0 Å². The summed E-state index contributed by atoms with van der Waals surface area (Å²) in [7, 11) is -5.77. The van der Waals surface area contributed by atoms with Crippen molar-refractivity contribution in [3.8, 4) is 39.1 Å². The number of benzene rings is 19. The van der Waals surface area contributed by atoms with E-state index in [1.165, 1.54) is 90.5 Å². The van der Waals surface area contributed by atoms with Gasteiger partial charge < -0.3 is 37.0 Å². The van der Waals surface area contributed by atoms with E-state index in [0.717, 1.165) is 149 Å². The molecule has 128 heavy (non-hydrogen) atoms. The van der Waals surface area contributed by atoms with Crippen LogP contribution in [0.5, 0.6) is 5.75 Å². The third-order valence-corrected chi connectivity index (χ3v) is 25.6. The lowest BCUT2D eigenvalue weighted by atomic mass is 10.00. The second-order valence-electron chi connectivity index (χ2n) is 33.2. The Morgan fingerprint density at radius 2 is 0.578 bits per heavy atom. The van der Waals surface area contributed by atoms with Crippen molar-refractivity contribution in [2.24, 2.45) is 0 Å². The maximum absolute atomic E-state index is 12.7. The molecule has 14 heteroatoms. The number of furan rings is 4. The van der Waals surface area contributed by atoms with E-state index in [-0.39, 0.29) is 0 Å². The Morgan fingerprint density at radius 1 is 0.258 bits per heavy atom. The highest BCUT2D eigenvalue weighted by Gasteiger charge is 2.48. The molecule has 0 amide bonds. The smallest absolute Gasteiger partial charge is 0.456 e. The van der Waals surface area contributed by atoms with Crippen LogP contribution in [0.1, 0.15) is 38.9 Å². The molecule has 0 fully saturated rings. The molecule has 0 bridgehead atoms. The zero-order chi connectivity index (χ0) is 87.4. The molecule has 23 aromatic rings. The van der Waals surface area contributed by atoms with Gasteiger partial charge in [-0.2, -0.15) is 21.6 Å². The molecule has 622 valence electrons. The molecule has 10 nitrogen and oxygen atoms in total. The van der Waals surface area contributed by atoms with E-state index < -0.39 is 21.4 Å². The van der Waals surface area contributed by atoms with Crippen molar-refractivity contribution in [2.45, 2.75) is 54.0 Å². The number of hydrogen-bond acceptors (Lipinski definition) is 10. The number of anilines is 8. The maximum atomic E-state index is 12.7. The van der Waals surface area contributed by atoms with E-state index in [4.69, 9.17) is 17.7 Å². The van der Waals surface area contributed by atoms with Crippen LogP contribution in [-0.4, -0.2) is 13.9 Å². The fourth-order valence-corrected chi connectivity index (χ4v) is 18.3. The highest BCUT2D eigenvalue weighted by Crippen LogP contribution is 2.48. The third-order valence-electron chi connectivity index (χ3n) is 24.6. The van der Waals surface area contributed by atoms with Crippen molar-refractivity contribution in [1.82, 2.24) is 0 Å². The van der Waals surface area contributed by atoms with Gasteiger partial charge in [0.15, 0.2) is 0 Å². The molecule has 0 aliphatic heterocycles. The number of nitrogens with zero attached hydrogens (tertiary/aromatic N) is 2. The fourth-order valence-electron chi connectivity index (χ4n) is 17.8. The minimum atomic E-state index is -5.77. The zero-order valence-electron chi connectivity index (χ0n) is 70.9. The lowest BCUT2D eigenvalue weighted by Gasteiger charge is -2.29. The average Bonchev–Trinajstić information content (AvgIpc) is 1.58. The van der Waals surface area contributed by atoms with Crippen molar-refractivity contribution in [3.63, 3.8) is 0 Å². The van der Waals surface area contributed by atoms with Gasteiger partial charge in [0.25, 0.3) is 0 Å². The number of hydrogen-bond donors (Lipinski definition) is 1. The molecular weight excluding hydrogens is 1610 g/mol. The number of aryl methyl sites for hydroxylation is 7. The predicted octanol–water partition coefficient (Wildman–Crippen LogP) is 33.3. The summed E-state index contributed by atoms with van der Waals surface area (Å²) in [4.78, 5) is 4.80. The summed E-state index contributed by atoms with van der Waals surface area (Å²) in [6.45, 7) is 15.1. The lowest BCUT2D eigenvalue weighted by Crippen LogP contribution is -2.28. The van der Waals surface area contributed by atoms with Gasteiger partial charge in [-0.15, -0.1) is 0 Å². The van der Waals surface area contributed by atoms with Crippen LogP contribution in [0, 0.1) is 48.5 Å². The summed E-state index contributed by atoms with van der Waals surface area (Å²) in [5.41, 5.74) is 25.2. The normalized spacial score (nSPS) is 11.9. The van der Waals surface area contributed by atoms with Crippen LogP contribution in [-0.2, 0) is 10.1 Å². The Bertz CT molecular complexity index is 8240. The molecule has 4 heterocycles. The zero-order valence-corrected chi connectivity index (χ0v) is 71.8. The van der Waals surface area contributed by atoms with Gasteiger partial charge in [0.1, 0.15) is 50.4 Å². The van der Waals surface area contributed by atoms with Crippen molar-refractivity contribution in [3.05, 3.63) is 403 Å². The third kappa shape index (κ3) is 14.8. The molecule has 23 rings (SSSR count). The molecule has 0 aliphatic carbocycles. The van der Waals surface area contributed by atoms with E-state index in [9.17, 15) is 21.6 Å². The molecule has 0 unspecified atom stereocenters. The molecule has 0 saturated heterocycles. The highest BCUT2D eigenvalue weighted by molar-refractivity contribution is 7.88. The van der Waals surface area contributed by atoms with Crippen LogP contribution in [0.3, 0.4) is 0 Å². The summed E-state index contributed by atoms with van der Waals surface area (Å²) in [6.07, 6.45) is 0. The molecule has 0 radical (unpaired) electrons. The highest BCUT2D eigenvalue weighted by atomic mass is 32.2. The van der Waals surface area contributed by atoms with Crippen LogP contribution in [0.4, 0.5) is 58.7 Å². The predicted molar refractivity (Wildman–Crippen MR) is 523 cm³/mol. The van der Waals surface area contributed by atoms with Crippen molar-refractivity contribution < 1.29 is 43.4 Å². The minimum absolute atomic E-state index is 0.438. The SMILES string of the molecule is Cc1ccc2cc3c(cc2c1)oc1cc2c(cc13)oc1cc3cc(OS(=O)(=O)C(F)(F)F)ccc3cc12.Cc1ccccc1N(c1ccc2cc3c(cc2c1)oc1cc2c(cc13)oc1cc3cc(N(c4ccccc4C)c4cc(-c5ccccc5)ccc4C)ccc3cc12)c1cc(-c2ccccc2)ccc1C.Cc1ccccc1Nc1cc(-c2ccccc2)ccc1C. The number of nitrogens with one attached hydrogen (secondary N) is 1. The van der Waals surface area contributed by atoms with Gasteiger partial charge in [-0.25, -0.2) is 0 Å². The number of fused-ring (bicyclic) bond motifs is 16. The summed E-state index contributed by atoms with van der Waals surface area (Å²) in [6, 6.07) is 126. The average molecular weight is 1690 g/mol. The molecule has 0 saturated carbocycles. The molecule has 0 aliphatic rings. The van der Waals surface area contributed by atoms with Gasteiger partial charge in [0.05, 0.1) is 0 Å². The molecule has 0 atom stereocenters. The number of halogens is 3. The van der Waals surface area contributed by atoms with E-state index in [2.05, 4.69) is 370 Å². The Labute approximate surface area is 736 Å². The van der Waals surface area contributed by atoms with Crippen LogP contribution in [0.15, 0.2) is 382 Å². The van der Waals surface area contributed by atoms with Crippen molar-refractivity contribution in [1.29, 1.82) is 0 Å². The first-order valence-corrected chi connectivity index (χ1v) is 43.9. The number of rotatable bonds is 13. The van der Waals surface area contributed by atoms with Gasteiger partial charge in [0.2, 0.25) is 0 Å². The van der Waals surface area contributed by atoms with E-state index in [0.29, 0.717) is 27.5 Å². The standard InChI is InChI=1S/C66H48N2O2.C28H15F3O5S.C20H19N/c1-41-15-11-13-21-59(41)67(61-35-49(25-23-43(61)3)45-17-7-5-8-18-45)53-29-27-47-33-55-57-39-66-58(40-65(57)69-63(55)37-51(47)31-53)56-34-48-28-30-54(32-52(48)38-64(56)70-66)68(60-22-14-12-16-42(60)2)62-36-50(26-24-44(62)4)46-19-9-6-10-20-46;1-14-2-3-15-8-20-22-12-27-23(13-26(22)34-24(20)10-17(15)6-14)21-9-16-4-5-19(7-18(16)11-25(21)35-27)36-37(32,33)28(29,30)31;1-15-8-6-7-11-19(15)21-20-14-18(13-12-16(20)2)17-9-4-3-5-10-17/h5-40H,1-4H3;2-13H,1H3;3-14,21H,1-2H3. The molecule has 1 N–H and O–H groups in total. The Balaban J connectivity index is 0.000000141. The topological polar surface area (TPSA) is 114 Å². The maximum Gasteiger partial charge on any atom is 0.534 e. The summed E-state index contributed by atoms with van der Waals surface area (Å²) < 4.78 is 91.0. The Hall–Kier alpha value is -15.6. The summed E-state index contributed by atoms with van der Waals surface area (Å²) in [5, 5.41) is 19.1. The van der Waals surface area contributed by atoms with Gasteiger partial charge in [0, 0.05) is 88.6 Å². The van der Waals surface area contributed by atoms with Gasteiger partial charge in [-0.3, -0.25) is 0 Å². The summed E-state index contributed by atoms with van der Waals surface area (Å²) >= 11 is 0. The largest absolute Gasteiger partial charge is 0.534 e. The molecule has 0 spiro atoms. The van der Waals surface area contributed by atoms with Crippen molar-refractivity contribution >= 4 is 186 Å². The van der Waals surface area contributed by atoms with Crippen LogP contribution < -0.4 is 19.3 Å². The number of alkyl halides is 3. The Kier molecular flexibility index (Phi) is 19.8. The van der Waals surface area contributed by atoms with Crippen LogP contribution in [0.2, 0.25) is 0 Å². The molecule has 4 aromatic heterocycles. The van der Waals surface area contributed by atoms with Crippen LogP contribution in [0.25, 0.3) is 164 Å². The monoisotopic (exact) mass is 1690 g/mol. The lowest BCUT2D eigenvalue weighted by molar-refractivity contribution is -0.0500. The summed E-state index contributed by atoms with van der Waals surface area (Å²) in [5.74, 6) is -0.438. The fraction of sp³-hybridized carbons (Fsp3) is 0.0702. The van der Waals surface area contributed by atoms with Gasteiger partial charge in [-0.1, -0.05) is 224 Å².